The first-order chi connectivity index (χ1) is 30.3. The highest BCUT2D eigenvalue weighted by Crippen LogP contribution is 2.42. The van der Waals surface area contributed by atoms with E-state index in [1.54, 1.807) is 36.4 Å². The number of nitriles is 5. The average molecular weight is 791 g/mol. The van der Waals surface area contributed by atoms with Crippen molar-refractivity contribution in [3.8, 4) is 75.1 Å². The largest absolute Gasteiger partial charge is 0.309 e. The van der Waals surface area contributed by atoms with E-state index in [1.165, 1.54) is 0 Å². The van der Waals surface area contributed by atoms with Gasteiger partial charge in [0.15, 0.2) is 0 Å². The molecule has 0 N–H and O–H groups in total. The summed E-state index contributed by atoms with van der Waals surface area (Å²) < 4.78 is 4.34. The van der Waals surface area contributed by atoms with E-state index in [2.05, 4.69) is 106 Å². The number of pyridine rings is 1. The Morgan fingerprint density at radius 3 is 1.26 bits per heavy atom. The predicted octanol–water partition coefficient (Wildman–Crippen LogP) is 12.3. The number of aromatic nitrogens is 3. The van der Waals surface area contributed by atoms with Gasteiger partial charge in [0, 0.05) is 38.5 Å². The lowest BCUT2D eigenvalue weighted by molar-refractivity contribution is 1.11. The second kappa shape index (κ2) is 14.5. The number of para-hydroxylation sites is 2. The summed E-state index contributed by atoms with van der Waals surface area (Å²) in [6, 6.07) is 58.6. The van der Waals surface area contributed by atoms with Gasteiger partial charge in [-0.15, -0.1) is 0 Å². The lowest BCUT2D eigenvalue weighted by atomic mass is 9.98. The fraction of sp³-hybridized carbons (Fsp3) is 0.0370. The summed E-state index contributed by atoms with van der Waals surface area (Å²) in [5.74, 6) is 0. The summed E-state index contributed by atoms with van der Waals surface area (Å²) in [6.07, 6.45) is 0. The molecular formula is C54H30N8. The van der Waals surface area contributed by atoms with Gasteiger partial charge in [0.25, 0.3) is 0 Å². The van der Waals surface area contributed by atoms with Crippen LogP contribution in [0.1, 0.15) is 39.2 Å². The van der Waals surface area contributed by atoms with Crippen molar-refractivity contribution in [1.29, 1.82) is 26.3 Å². The van der Waals surface area contributed by atoms with Crippen LogP contribution in [-0.2, 0) is 0 Å². The van der Waals surface area contributed by atoms with Crippen LogP contribution in [0.25, 0.3) is 88.4 Å². The van der Waals surface area contributed by atoms with E-state index in [9.17, 15) is 26.3 Å². The van der Waals surface area contributed by atoms with E-state index in [1.807, 2.05) is 56.3 Å². The first-order valence-corrected chi connectivity index (χ1v) is 19.8. The van der Waals surface area contributed by atoms with Crippen LogP contribution in [0.5, 0.6) is 0 Å². The number of fused-ring (bicyclic) bond motifs is 6. The zero-order valence-electron chi connectivity index (χ0n) is 33.4. The molecule has 3 heterocycles. The Morgan fingerprint density at radius 2 is 0.806 bits per heavy atom. The van der Waals surface area contributed by atoms with Gasteiger partial charge in [0.1, 0.15) is 6.07 Å². The molecule has 0 amide bonds. The quantitative estimate of drug-likeness (QED) is 0.170. The molecule has 286 valence electrons. The second-order valence-electron chi connectivity index (χ2n) is 15.4. The first-order valence-electron chi connectivity index (χ1n) is 19.8. The summed E-state index contributed by atoms with van der Waals surface area (Å²) in [5.41, 5.74) is 13.8. The molecule has 62 heavy (non-hydrogen) atoms. The van der Waals surface area contributed by atoms with Crippen LogP contribution in [0, 0.1) is 70.5 Å². The Bertz CT molecular complexity index is 3710. The van der Waals surface area contributed by atoms with Crippen molar-refractivity contribution in [3.05, 3.63) is 185 Å². The molecule has 0 radical (unpaired) electrons. The van der Waals surface area contributed by atoms with Gasteiger partial charge in [0.05, 0.1) is 85.5 Å². The van der Waals surface area contributed by atoms with Gasteiger partial charge in [-0.25, -0.2) is 0 Å². The molecule has 8 nitrogen and oxygen atoms in total. The molecule has 0 aliphatic heterocycles. The molecule has 10 rings (SSSR count). The molecule has 0 unspecified atom stereocenters. The van der Waals surface area contributed by atoms with Gasteiger partial charge in [0.2, 0.25) is 0 Å². The van der Waals surface area contributed by atoms with E-state index < -0.39 is 0 Å². The Kier molecular flexibility index (Phi) is 8.68. The molecule has 10 aromatic rings. The van der Waals surface area contributed by atoms with Gasteiger partial charge in [-0.1, -0.05) is 60.7 Å². The fourth-order valence-corrected chi connectivity index (χ4v) is 8.92. The lowest BCUT2D eigenvalue weighted by Crippen LogP contribution is -2.04. The highest BCUT2D eigenvalue weighted by Gasteiger charge is 2.23. The highest BCUT2D eigenvalue weighted by atomic mass is 15.0. The number of rotatable bonds is 5. The van der Waals surface area contributed by atoms with Gasteiger partial charge < -0.3 is 9.13 Å². The van der Waals surface area contributed by atoms with E-state index in [4.69, 9.17) is 4.98 Å². The third-order valence-corrected chi connectivity index (χ3v) is 11.5. The van der Waals surface area contributed by atoms with Crippen LogP contribution in [0.15, 0.2) is 146 Å². The van der Waals surface area contributed by atoms with E-state index in [0.29, 0.717) is 33.5 Å². The molecule has 0 saturated heterocycles. The van der Waals surface area contributed by atoms with Gasteiger partial charge in [-0.3, -0.25) is 4.98 Å². The molecule has 8 heteroatoms. The van der Waals surface area contributed by atoms with Crippen LogP contribution in [0.3, 0.4) is 0 Å². The number of benzene rings is 7. The Hall–Kier alpha value is -9.26. The van der Waals surface area contributed by atoms with Crippen LogP contribution >= 0.6 is 0 Å². The van der Waals surface area contributed by atoms with E-state index in [0.717, 1.165) is 94.1 Å². The maximum absolute atomic E-state index is 11.2. The summed E-state index contributed by atoms with van der Waals surface area (Å²) in [7, 11) is 0. The van der Waals surface area contributed by atoms with E-state index >= 15 is 0 Å². The summed E-state index contributed by atoms with van der Waals surface area (Å²) in [4.78, 5) is 4.73. The molecule has 0 saturated carbocycles. The van der Waals surface area contributed by atoms with Crippen molar-refractivity contribution in [3.63, 3.8) is 0 Å². The van der Waals surface area contributed by atoms with Crippen molar-refractivity contribution in [2.75, 3.05) is 0 Å². The molecule has 3 aromatic heterocycles. The van der Waals surface area contributed by atoms with Crippen LogP contribution in [0.2, 0.25) is 0 Å². The maximum Gasteiger partial charge on any atom is 0.101 e. The van der Waals surface area contributed by atoms with Crippen LogP contribution in [0.4, 0.5) is 0 Å². The minimum atomic E-state index is 0.398. The molecule has 0 atom stereocenters. The SMILES string of the molecule is Cc1cc(-c2cc(-n3c4ccccc4c4ccc(-c5cc(C#N)cc(C#N)c5)cc43)c(C#N)cc2-n2c3ccccc3c3ccc(-c4cc(C#N)cc(C#N)c4)cc32)cc(C)n1. The third kappa shape index (κ3) is 5.99. The minimum absolute atomic E-state index is 0.398. The minimum Gasteiger partial charge on any atom is -0.309 e. The number of hydrogen-bond donors (Lipinski definition) is 0. The van der Waals surface area contributed by atoms with Crippen molar-refractivity contribution >= 4 is 43.6 Å². The van der Waals surface area contributed by atoms with Crippen LogP contribution < -0.4 is 0 Å². The summed E-state index contributed by atoms with van der Waals surface area (Å²) >= 11 is 0. The monoisotopic (exact) mass is 790 g/mol. The second-order valence-corrected chi connectivity index (χ2v) is 15.4. The average Bonchev–Trinajstić information content (AvgIpc) is 3.82. The normalized spacial score (nSPS) is 11.0. The molecule has 0 aliphatic rings. The number of hydrogen-bond acceptors (Lipinski definition) is 6. The fourth-order valence-electron chi connectivity index (χ4n) is 8.92. The Labute approximate surface area is 356 Å². The summed E-state index contributed by atoms with van der Waals surface area (Å²) in [6.45, 7) is 3.96. The first kappa shape index (κ1) is 37.0. The lowest BCUT2D eigenvalue weighted by Gasteiger charge is -2.19. The molecular weight excluding hydrogens is 761 g/mol. The molecule has 0 bridgehead atoms. The van der Waals surface area contributed by atoms with Gasteiger partial charge in [-0.05, 0) is 127 Å². The number of aryl methyl sites for hydroxylation is 2. The zero-order valence-corrected chi connectivity index (χ0v) is 33.4. The Balaban J connectivity index is 1.30. The third-order valence-electron chi connectivity index (χ3n) is 11.5. The Morgan fingerprint density at radius 1 is 0.371 bits per heavy atom. The maximum atomic E-state index is 11.2. The van der Waals surface area contributed by atoms with Crippen molar-refractivity contribution in [2.45, 2.75) is 13.8 Å². The predicted molar refractivity (Wildman–Crippen MR) is 242 cm³/mol. The topological polar surface area (TPSA) is 142 Å². The highest BCUT2D eigenvalue weighted by molar-refractivity contribution is 6.12. The molecule has 7 aromatic carbocycles. The van der Waals surface area contributed by atoms with Crippen LogP contribution in [-0.4, -0.2) is 14.1 Å². The zero-order chi connectivity index (χ0) is 42.6. The van der Waals surface area contributed by atoms with Crippen molar-refractivity contribution in [1.82, 2.24) is 14.1 Å². The van der Waals surface area contributed by atoms with Gasteiger partial charge >= 0.3 is 0 Å². The van der Waals surface area contributed by atoms with E-state index in [-0.39, 0.29) is 0 Å². The summed E-state index contributed by atoms with van der Waals surface area (Å²) in [5, 5.41) is 54.4. The molecule has 0 fully saturated rings. The van der Waals surface area contributed by atoms with Crippen molar-refractivity contribution in [2.24, 2.45) is 0 Å². The smallest absolute Gasteiger partial charge is 0.101 e. The molecule has 0 spiro atoms. The number of nitrogens with zero attached hydrogens (tertiary/aromatic N) is 8. The molecule has 0 aliphatic carbocycles. The standard InChI is InChI=1S/C54H30N8/c1-32-15-42(16-33(2)60-32)48-26-51(61-49-9-5-3-7-44(49)46-13-11-38(23-52(46)61)40-19-34(27-55)17-35(20-40)28-56)43(31-59)25-54(48)62-50-10-6-4-8-45(50)47-14-12-39(24-53(47)62)41-21-36(29-57)18-37(22-41)30-58/h3-26H,1-2H3. The van der Waals surface area contributed by atoms with Gasteiger partial charge in [-0.2, -0.15) is 26.3 Å². The van der Waals surface area contributed by atoms with Crippen molar-refractivity contribution < 1.29 is 0 Å².